The van der Waals surface area contributed by atoms with Crippen LogP contribution in [-0.2, 0) is 48.7 Å². The summed E-state index contributed by atoms with van der Waals surface area (Å²) < 4.78 is 60.0. The Kier molecular flexibility index (Phi) is 18.7. The molecule has 5 rings (SSSR count). The fraction of sp³-hybridized carbons (Fsp3) is 0.796. The molecule has 376 valence electrons. The molecule has 1 aromatic carbocycles. The van der Waals surface area contributed by atoms with Gasteiger partial charge >= 0.3 is 5.97 Å². The van der Waals surface area contributed by atoms with E-state index in [2.05, 4.69) is 107 Å². The zero-order chi connectivity index (χ0) is 49.0. The zero-order valence-corrected chi connectivity index (χ0v) is 46.2. The summed E-state index contributed by atoms with van der Waals surface area (Å²) in [6, 6.07) is 8.10. The average molecular weight is 957 g/mol. The zero-order valence-electron chi connectivity index (χ0n) is 44.2. The van der Waals surface area contributed by atoms with Gasteiger partial charge in [-0.05, 0) is 137 Å². The maximum atomic E-state index is 12.2. The van der Waals surface area contributed by atoms with Crippen molar-refractivity contribution in [2.75, 3.05) is 20.3 Å². The van der Waals surface area contributed by atoms with Gasteiger partial charge in [-0.25, -0.2) is 0 Å². The van der Waals surface area contributed by atoms with Crippen molar-refractivity contribution in [2.24, 2.45) is 17.3 Å². The normalized spacial score (nSPS) is 31.5. The summed E-state index contributed by atoms with van der Waals surface area (Å²) in [5.74, 6) is 0.991. The van der Waals surface area contributed by atoms with Crippen molar-refractivity contribution in [1.29, 1.82) is 0 Å². The molecule has 4 aliphatic rings. The summed E-state index contributed by atoms with van der Waals surface area (Å²) in [5.41, 5.74) is 2.84. The molecule has 12 atom stereocenters. The molecule has 12 heteroatoms. The molecule has 0 N–H and O–H groups in total. The van der Waals surface area contributed by atoms with Gasteiger partial charge < -0.3 is 42.0 Å². The lowest BCUT2D eigenvalue weighted by molar-refractivity contribution is -0.276. The van der Waals surface area contributed by atoms with Crippen LogP contribution in [0.15, 0.2) is 48.6 Å². The molecular weight excluding hydrogens is 865 g/mol. The lowest BCUT2D eigenvalue weighted by Gasteiger charge is -2.53. The number of hydrogen-bond donors (Lipinski definition) is 0. The van der Waals surface area contributed by atoms with E-state index in [0.29, 0.717) is 32.2 Å². The first-order valence-corrected chi connectivity index (χ1v) is 31.1. The molecular formula is C54H92O10Si2. The van der Waals surface area contributed by atoms with Crippen LogP contribution in [0, 0.1) is 17.3 Å². The van der Waals surface area contributed by atoms with Gasteiger partial charge in [-0.1, -0.05) is 80.7 Å². The van der Waals surface area contributed by atoms with E-state index in [-0.39, 0.29) is 83.0 Å². The molecule has 66 heavy (non-hydrogen) atoms. The summed E-state index contributed by atoms with van der Waals surface area (Å²) in [7, 11) is -2.44. The molecule has 0 radical (unpaired) electrons. The minimum absolute atomic E-state index is 0.0000345. The number of methoxy groups -OCH3 is 1. The number of esters is 1. The molecule has 2 unspecified atom stereocenters. The molecule has 4 fully saturated rings. The summed E-state index contributed by atoms with van der Waals surface area (Å²) in [6.45, 7) is 43.8. The largest absolute Gasteiger partial charge is 0.497 e. The van der Waals surface area contributed by atoms with Crippen LogP contribution in [-0.4, -0.2) is 104 Å². The van der Waals surface area contributed by atoms with Crippen LogP contribution in [0.5, 0.6) is 5.75 Å². The van der Waals surface area contributed by atoms with Crippen LogP contribution < -0.4 is 4.74 Å². The van der Waals surface area contributed by atoms with Crippen LogP contribution in [0.1, 0.15) is 140 Å². The van der Waals surface area contributed by atoms with Crippen LogP contribution in [0.4, 0.5) is 0 Å². The Labute approximate surface area is 403 Å². The van der Waals surface area contributed by atoms with E-state index < -0.39 is 22.0 Å². The van der Waals surface area contributed by atoms with Crippen LogP contribution in [0.3, 0.4) is 0 Å². The minimum atomic E-state index is -2.17. The quantitative estimate of drug-likeness (QED) is 0.0577. The smallest absolute Gasteiger partial charge is 0.311 e. The molecule has 0 aliphatic carbocycles. The fourth-order valence-electron chi connectivity index (χ4n) is 9.37. The van der Waals surface area contributed by atoms with Gasteiger partial charge in [-0.15, -0.1) is 0 Å². The summed E-state index contributed by atoms with van der Waals surface area (Å²) in [4.78, 5) is 12.2. The highest BCUT2D eigenvalue weighted by Gasteiger charge is 2.53. The van der Waals surface area contributed by atoms with E-state index in [1.54, 1.807) is 7.11 Å². The van der Waals surface area contributed by atoms with Gasteiger partial charge in [0.1, 0.15) is 5.75 Å². The van der Waals surface area contributed by atoms with Crippen molar-refractivity contribution in [1.82, 2.24) is 0 Å². The van der Waals surface area contributed by atoms with Crippen LogP contribution >= 0.6 is 0 Å². The third-order valence-corrected chi connectivity index (χ3v) is 24.9. The van der Waals surface area contributed by atoms with Gasteiger partial charge in [0, 0.05) is 25.4 Å². The average Bonchev–Trinajstić information content (AvgIpc) is 3.57. The first kappa shape index (κ1) is 55.1. The number of benzene rings is 1. The second-order valence-electron chi connectivity index (χ2n) is 24.3. The molecule has 0 amide bonds. The molecule has 0 aromatic heterocycles. The first-order valence-electron chi connectivity index (χ1n) is 25.3. The molecule has 4 saturated heterocycles. The Morgan fingerprint density at radius 2 is 1.41 bits per heavy atom. The Morgan fingerprint density at radius 3 is 2.03 bits per heavy atom. The minimum Gasteiger partial charge on any atom is -0.497 e. The Bertz CT molecular complexity index is 1740. The van der Waals surface area contributed by atoms with E-state index in [4.69, 9.17) is 42.0 Å². The van der Waals surface area contributed by atoms with Crippen molar-refractivity contribution < 1.29 is 46.8 Å². The number of fused-ring (bicyclic) bond motifs is 1. The predicted octanol–water partition coefficient (Wildman–Crippen LogP) is 12.5. The highest BCUT2D eigenvalue weighted by Crippen LogP contribution is 2.45. The Hall–Kier alpha value is -1.88. The van der Waals surface area contributed by atoms with Gasteiger partial charge in [0.15, 0.2) is 16.6 Å². The van der Waals surface area contributed by atoms with Crippen molar-refractivity contribution >= 4 is 22.6 Å². The van der Waals surface area contributed by atoms with E-state index in [0.717, 1.165) is 73.8 Å². The van der Waals surface area contributed by atoms with E-state index in [9.17, 15) is 4.79 Å². The molecule has 0 spiro atoms. The van der Waals surface area contributed by atoms with Gasteiger partial charge in [0.25, 0.3) is 0 Å². The van der Waals surface area contributed by atoms with Crippen LogP contribution in [0.25, 0.3) is 0 Å². The van der Waals surface area contributed by atoms with Crippen molar-refractivity contribution in [2.45, 2.75) is 238 Å². The standard InChI is InChI=1S/C54H92O10Si2/c1-35-30-42(25-26-43-36(2)31-41(60-43)20-19-28-57-51(55)52(5,6)7)61-45(37(35)3)32-47-49(58-34-39-21-23-40(56-14)24-22-39)38(4)50-48(62-47)33-46(64-66(17,18)54(11,12)13)44(63-50)27-29-59-65(15,16)53(8,9)10/h21-24,35,38,41-50H,2-3,19-20,25-34H2,1,4-18H3/t35-,38-,41+,42+,43+,44-,45-,46-,47+,48?,49-,50?/m1/s1. The Balaban J connectivity index is 1.30. The molecule has 4 heterocycles. The van der Waals surface area contributed by atoms with Crippen molar-refractivity contribution in [3.05, 3.63) is 54.1 Å². The third-order valence-electron chi connectivity index (χ3n) is 15.9. The lowest BCUT2D eigenvalue weighted by Crippen LogP contribution is -2.62. The third kappa shape index (κ3) is 14.4. The number of carbonyl (C=O) groups is 1. The Morgan fingerprint density at radius 1 is 0.758 bits per heavy atom. The van der Waals surface area contributed by atoms with Crippen LogP contribution in [0.2, 0.25) is 36.3 Å². The topological polar surface area (TPSA) is 100 Å². The first-order chi connectivity index (χ1) is 30.6. The van der Waals surface area contributed by atoms with E-state index in [1.807, 2.05) is 32.9 Å². The lowest BCUT2D eigenvalue weighted by atomic mass is 9.79. The molecule has 1 aromatic rings. The number of carbonyl (C=O) groups excluding carboxylic acids is 1. The SMILES string of the molecule is C=C1C[C@H](CCCOC(=O)C(C)(C)C)O[C@H]1CC[C@H]1C[C@@H](C)C(=C)[C@@H](C[C@@H]2OC3C[C@@H](O[Si](C)(C)C(C)(C)C)[C@@H](CCO[Si](C)(C)C(C)(C)C)OC3[C@H](C)[C@H]2OCc2ccc(OC)cc2)O1. The summed E-state index contributed by atoms with van der Waals surface area (Å²) in [5, 5.41) is 0.170. The second kappa shape index (κ2) is 22.5. The van der Waals surface area contributed by atoms with E-state index in [1.165, 1.54) is 0 Å². The molecule has 0 saturated carbocycles. The number of hydrogen-bond acceptors (Lipinski definition) is 10. The second-order valence-corrected chi connectivity index (χ2v) is 33.9. The number of rotatable bonds is 19. The van der Waals surface area contributed by atoms with E-state index >= 15 is 0 Å². The predicted molar refractivity (Wildman–Crippen MR) is 270 cm³/mol. The fourth-order valence-corrected chi connectivity index (χ4v) is 11.8. The maximum Gasteiger partial charge on any atom is 0.311 e. The number of ether oxygens (including phenoxy) is 7. The summed E-state index contributed by atoms with van der Waals surface area (Å²) >= 11 is 0. The van der Waals surface area contributed by atoms with Gasteiger partial charge in [-0.3, -0.25) is 4.79 Å². The van der Waals surface area contributed by atoms with Gasteiger partial charge in [0.05, 0.1) is 86.8 Å². The van der Waals surface area contributed by atoms with Crippen molar-refractivity contribution in [3.8, 4) is 5.75 Å². The van der Waals surface area contributed by atoms with Gasteiger partial charge in [0.2, 0.25) is 0 Å². The van der Waals surface area contributed by atoms with Gasteiger partial charge in [-0.2, -0.15) is 0 Å². The van der Waals surface area contributed by atoms with Crippen molar-refractivity contribution in [3.63, 3.8) is 0 Å². The summed E-state index contributed by atoms with van der Waals surface area (Å²) in [6.07, 6.45) is 6.22. The highest BCUT2D eigenvalue weighted by molar-refractivity contribution is 6.74. The molecule has 10 nitrogen and oxygen atoms in total. The highest BCUT2D eigenvalue weighted by atomic mass is 28.4. The monoisotopic (exact) mass is 957 g/mol. The molecule has 0 bridgehead atoms. The maximum absolute atomic E-state index is 12.2. The molecule has 4 aliphatic heterocycles.